The molecule has 10 heteroatoms. The smallest absolute Gasteiger partial charge is 0.335 e. The van der Waals surface area contributed by atoms with Crippen molar-refractivity contribution in [3.05, 3.63) is 118 Å². The molecule has 7 nitrogen and oxygen atoms in total. The summed E-state index contributed by atoms with van der Waals surface area (Å²) in [6.45, 7) is 0.579. The SMILES string of the molecule is COCCn1c(Cc2ccc(-c3cc(OCc4ccc(C#N)cc4F)ccc3F)cc2F)nc2ccc(C(=O)O)cc21. The molecule has 0 spiro atoms. The van der Waals surface area contributed by atoms with Crippen LogP contribution in [0.5, 0.6) is 5.75 Å². The number of halogens is 3. The Kier molecular flexibility index (Phi) is 8.22. The number of hydrogen-bond acceptors (Lipinski definition) is 5. The number of rotatable bonds is 10. The van der Waals surface area contributed by atoms with E-state index < -0.39 is 23.4 Å². The van der Waals surface area contributed by atoms with Crippen LogP contribution in [0.15, 0.2) is 72.8 Å². The molecular formula is C32H24F3N3O4. The number of carboxylic acid groups (broad SMARTS) is 1. The lowest BCUT2D eigenvalue weighted by Gasteiger charge is -2.12. The zero-order valence-electron chi connectivity index (χ0n) is 22.4. The van der Waals surface area contributed by atoms with Gasteiger partial charge in [0.2, 0.25) is 0 Å². The maximum Gasteiger partial charge on any atom is 0.335 e. The van der Waals surface area contributed by atoms with Crippen LogP contribution in [0, 0.1) is 28.8 Å². The predicted octanol–water partition coefficient (Wildman–Crippen LogP) is 6.51. The second-order valence-electron chi connectivity index (χ2n) is 9.51. The number of carbonyl (C=O) groups is 1. The van der Waals surface area contributed by atoms with Gasteiger partial charge in [-0.15, -0.1) is 0 Å². The summed E-state index contributed by atoms with van der Waals surface area (Å²) in [6.07, 6.45) is 0.106. The van der Waals surface area contributed by atoms with Crippen LogP contribution in [0.1, 0.15) is 32.9 Å². The van der Waals surface area contributed by atoms with Gasteiger partial charge in [0.15, 0.2) is 0 Å². The average molecular weight is 572 g/mol. The van der Waals surface area contributed by atoms with E-state index in [4.69, 9.17) is 14.7 Å². The number of ether oxygens (including phenoxy) is 2. The molecule has 0 unspecified atom stereocenters. The normalized spacial score (nSPS) is 11.0. The molecule has 0 aliphatic rings. The summed E-state index contributed by atoms with van der Waals surface area (Å²) >= 11 is 0. The molecule has 0 bridgehead atoms. The Labute approximate surface area is 239 Å². The first-order chi connectivity index (χ1) is 20.3. The van der Waals surface area contributed by atoms with Gasteiger partial charge in [0.05, 0.1) is 34.8 Å². The quantitative estimate of drug-likeness (QED) is 0.205. The van der Waals surface area contributed by atoms with Crippen molar-refractivity contribution in [2.24, 2.45) is 0 Å². The highest BCUT2D eigenvalue weighted by molar-refractivity contribution is 5.92. The van der Waals surface area contributed by atoms with Gasteiger partial charge < -0.3 is 19.1 Å². The molecule has 212 valence electrons. The fourth-order valence-electron chi connectivity index (χ4n) is 4.61. The second-order valence-corrected chi connectivity index (χ2v) is 9.51. The number of hydrogen-bond donors (Lipinski definition) is 1. The fourth-order valence-corrected chi connectivity index (χ4v) is 4.61. The molecule has 1 aromatic heterocycles. The molecule has 4 aromatic carbocycles. The third-order valence-electron chi connectivity index (χ3n) is 6.82. The molecular weight excluding hydrogens is 547 g/mol. The van der Waals surface area contributed by atoms with E-state index in [0.717, 1.165) is 6.07 Å². The summed E-state index contributed by atoms with van der Waals surface area (Å²) in [5.41, 5.74) is 2.39. The van der Waals surface area contributed by atoms with Crippen LogP contribution in [0.25, 0.3) is 22.2 Å². The predicted molar refractivity (Wildman–Crippen MR) is 149 cm³/mol. The van der Waals surface area contributed by atoms with Crippen molar-refractivity contribution in [2.45, 2.75) is 19.6 Å². The Morgan fingerprint density at radius 3 is 2.45 bits per heavy atom. The number of carboxylic acids is 1. The lowest BCUT2D eigenvalue weighted by molar-refractivity contribution is 0.0697. The first kappa shape index (κ1) is 28.4. The van der Waals surface area contributed by atoms with E-state index in [1.165, 1.54) is 48.5 Å². The minimum atomic E-state index is -1.07. The molecule has 0 saturated carbocycles. The van der Waals surface area contributed by atoms with E-state index in [2.05, 4.69) is 4.98 Å². The molecule has 0 radical (unpaired) electrons. The summed E-state index contributed by atoms with van der Waals surface area (Å²) in [6, 6.07) is 18.8. The summed E-state index contributed by atoms with van der Waals surface area (Å²) in [5, 5.41) is 18.3. The van der Waals surface area contributed by atoms with Crippen LogP contribution >= 0.6 is 0 Å². The van der Waals surface area contributed by atoms with Gasteiger partial charge in [0.25, 0.3) is 0 Å². The second kappa shape index (κ2) is 12.2. The largest absolute Gasteiger partial charge is 0.489 e. The maximum atomic E-state index is 15.4. The minimum Gasteiger partial charge on any atom is -0.489 e. The standard InChI is InChI=1S/C32H24F3N3O4/c1-41-11-10-38-30-14-22(32(39)40)6-9-29(30)37-31(38)15-21-5-4-20(13-28(21)35)25-16-24(7-8-26(25)33)42-18-23-3-2-19(17-36)12-27(23)34/h2-9,12-14,16H,10-11,15,18H2,1H3,(H,39,40). The Balaban J connectivity index is 1.39. The highest BCUT2D eigenvalue weighted by Crippen LogP contribution is 2.30. The Morgan fingerprint density at radius 1 is 0.952 bits per heavy atom. The van der Waals surface area contributed by atoms with Crippen molar-refractivity contribution in [3.63, 3.8) is 0 Å². The molecule has 0 amide bonds. The van der Waals surface area contributed by atoms with Gasteiger partial charge in [-0.3, -0.25) is 0 Å². The number of nitrogens with zero attached hydrogens (tertiary/aromatic N) is 3. The molecule has 5 rings (SSSR count). The lowest BCUT2D eigenvalue weighted by atomic mass is 10.0. The van der Waals surface area contributed by atoms with Crippen molar-refractivity contribution in [3.8, 4) is 22.9 Å². The van der Waals surface area contributed by atoms with Crippen molar-refractivity contribution in [2.75, 3.05) is 13.7 Å². The van der Waals surface area contributed by atoms with Crippen LogP contribution in [-0.2, 0) is 24.3 Å². The topological polar surface area (TPSA) is 97.4 Å². The summed E-state index contributed by atoms with van der Waals surface area (Å²) in [5.74, 6) is -2.04. The van der Waals surface area contributed by atoms with Gasteiger partial charge in [-0.2, -0.15) is 5.26 Å². The number of methoxy groups -OCH3 is 1. The van der Waals surface area contributed by atoms with E-state index in [9.17, 15) is 18.7 Å². The third kappa shape index (κ3) is 5.96. The van der Waals surface area contributed by atoms with Gasteiger partial charge in [-0.05, 0) is 65.7 Å². The average Bonchev–Trinajstić information content (AvgIpc) is 3.33. The van der Waals surface area contributed by atoms with Crippen molar-refractivity contribution in [1.82, 2.24) is 9.55 Å². The van der Waals surface area contributed by atoms with Gasteiger partial charge in [0.1, 0.15) is 35.6 Å². The van der Waals surface area contributed by atoms with Crippen LogP contribution in [0.3, 0.4) is 0 Å². The van der Waals surface area contributed by atoms with E-state index in [1.807, 2.05) is 6.07 Å². The number of benzene rings is 4. The molecule has 0 aliphatic heterocycles. The van der Waals surface area contributed by atoms with Crippen LogP contribution < -0.4 is 4.74 Å². The van der Waals surface area contributed by atoms with E-state index >= 15 is 4.39 Å². The molecule has 0 fully saturated rings. The van der Waals surface area contributed by atoms with Gasteiger partial charge in [-0.25, -0.2) is 22.9 Å². The Hall–Kier alpha value is -5.14. The monoisotopic (exact) mass is 571 g/mol. The van der Waals surface area contributed by atoms with E-state index in [-0.39, 0.29) is 46.6 Å². The van der Waals surface area contributed by atoms with Gasteiger partial charge in [0, 0.05) is 31.2 Å². The molecule has 0 saturated heterocycles. The summed E-state index contributed by atoms with van der Waals surface area (Å²) < 4.78 is 57.0. The van der Waals surface area contributed by atoms with Crippen LogP contribution in [0.2, 0.25) is 0 Å². The van der Waals surface area contributed by atoms with Gasteiger partial charge in [-0.1, -0.05) is 18.2 Å². The van der Waals surface area contributed by atoms with Crippen LogP contribution in [0.4, 0.5) is 13.2 Å². The van der Waals surface area contributed by atoms with Crippen molar-refractivity contribution >= 4 is 17.0 Å². The summed E-state index contributed by atoms with van der Waals surface area (Å²) in [4.78, 5) is 16.1. The molecule has 5 aromatic rings. The van der Waals surface area contributed by atoms with Crippen LogP contribution in [-0.4, -0.2) is 34.3 Å². The van der Waals surface area contributed by atoms with Gasteiger partial charge >= 0.3 is 5.97 Å². The molecule has 1 N–H and O–H groups in total. The number of nitriles is 1. The zero-order chi connectivity index (χ0) is 29.8. The molecule has 42 heavy (non-hydrogen) atoms. The highest BCUT2D eigenvalue weighted by Gasteiger charge is 2.17. The Morgan fingerprint density at radius 2 is 1.74 bits per heavy atom. The Bertz CT molecular complexity index is 1850. The first-order valence-electron chi connectivity index (χ1n) is 12.9. The summed E-state index contributed by atoms with van der Waals surface area (Å²) in [7, 11) is 1.55. The molecule has 1 heterocycles. The van der Waals surface area contributed by atoms with Crippen molar-refractivity contribution in [1.29, 1.82) is 5.26 Å². The maximum absolute atomic E-state index is 15.4. The molecule has 0 atom stereocenters. The fraction of sp³-hybridized carbons (Fsp3) is 0.156. The molecule has 0 aliphatic carbocycles. The highest BCUT2D eigenvalue weighted by atomic mass is 19.1. The number of imidazole rings is 1. The van der Waals surface area contributed by atoms with Crippen molar-refractivity contribution < 1.29 is 32.5 Å². The third-order valence-corrected chi connectivity index (χ3v) is 6.82. The van der Waals surface area contributed by atoms with E-state index in [1.54, 1.807) is 29.9 Å². The minimum absolute atomic E-state index is 0.104. The zero-order valence-corrected chi connectivity index (χ0v) is 22.4. The number of aromatic carboxylic acids is 1. The van der Waals surface area contributed by atoms with E-state index in [0.29, 0.717) is 35.6 Å². The number of fused-ring (bicyclic) bond motifs is 1. The lowest BCUT2D eigenvalue weighted by Crippen LogP contribution is -2.10. The first-order valence-corrected chi connectivity index (χ1v) is 12.9. The number of aromatic nitrogens is 2.